The third-order valence-electron chi connectivity index (χ3n) is 3.72. The number of H-pyrrole nitrogens is 1. The maximum Gasteiger partial charge on any atom is 0.0945 e. The molecule has 1 aromatic carbocycles. The summed E-state index contributed by atoms with van der Waals surface area (Å²) < 4.78 is 1.97. The summed E-state index contributed by atoms with van der Waals surface area (Å²) in [4.78, 5) is 7.70. The number of nitrogens with zero attached hydrogens (tertiary/aromatic N) is 3. The van der Waals surface area contributed by atoms with E-state index in [1.54, 1.807) is 6.33 Å². The number of hydrogen-bond donors (Lipinski definition) is 2. The summed E-state index contributed by atoms with van der Waals surface area (Å²) in [6.07, 6.45) is 4.60. The lowest BCUT2D eigenvalue weighted by atomic mass is 10.0. The molecule has 3 heterocycles. The van der Waals surface area contributed by atoms with Gasteiger partial charge in [0, 0.05) is 24.9 Å². The van der Waals surface area contributed by atoms with Gasteiger partial charge in [0.15, 0.2) is 0 Å². The minimum atomic E-state index is 0.0905. The summed E-state index contributed by atoms with van der Waals surface area (Å²) in [6.45, 7) is 0.944. The molecule has 0 amide bonds. The Morgan fingerprint density at radius 1 is 1.15 bits per heavy atom. The van der Waals surface area contributed by atoms with Crippen LogP contribution in [-0.2, 0) is 6.42 Å². The first kappa shape index (κ1) is 11.4. The van der Waals surface area contributed by atoms with Crippen LogP contribution in [0.2, 0.25) is 0 Å². The van der Waals surface area contributed by atoms with Crippen molar-refractivity contribution in [2.24, 2.45) is 0 Å². The van der Waals surface area contributed by atoms with Crippen molar-refractivity contribution >= 4 is 0 Å². The SMILES string of the molecule is c1ccc(-n2nccc2[C@@H]2NCCc3[nH]cnc32)cc1. The number of aromatic nitrogens is 4. The Bertz CT molecular complexity index is 713. The van der Waals surface area contributed by atoms with Gasteiger partial charge in [-0.05, 0) is 18.2 Å². The summed E-state index contributed by atoms with van der Waals surface area (Å²) in [5.74, 6) is 0. The number of benzene rings is 1. The van der Waals surface area contributed by atoms with E-state index in [0.717, 1.165) is 30.0 Å². The van der Waals surface area contributed by atoms with Crippen LogP contribution in [0.15, 0.2) is 48.9 Å². The molecule has 0 radical (unpaired) electrons. The normalized spacial score (nSPS) is 17.9. The fraction of sp³-hybridized carbons (Fsp3) is 0.200. The standard InChI is InChI=1S/C15H15N5/c1-2-4-11(5-3-1)20-13(7-9-19-20)15-14-12(6-8-16-15)17-10-18-14/h1-5,7,9-10,15-16H,6,8H2,(H,17,18)/t15-/m0/s1. The molecule has 5 heteroatoms. The molecule has 1 aliphatic rings. The molecule has 0 spiro atoms. The Morgan fingerprint density at radius 3 is 2.95 bits per heavy atom. The summed E-state index contributed by atoms with van der Waals surface area (Å²) >= 11 is 0. The predicted molar refractivity (Wildman–Crippen MR) is 75.7 cm³/mol. The number of aromatic amines is 1. The smallest absolute Gasteiger partial charge is 0.0945 e. The summed E-state index contributed by atoms with van der Waals surface area (Å²) in [5.41, 5.74) is 4.48. The van der Waals surface area contributed by atoms with E-state index >= 15 is 0 Å². The van der Waals surface area contributed by atoms with Gasteiger partial charge in [0.25, 0.3) is 0 Å². The van der Waals surface area contributed by atoms with Gasteiger partial charge in [-0.15, -0.1) is 0 Å². The lowest BCUT2D eigenvalue weighted by Gasteiger charge is -2.23. The van der Waals surface area contributed by atoms with Crippen molar-refractivity contribution < 1.29 is 0 Å². The zero-order valence-electron chi connectivity index (χ0n) is 11.0. The van der Waals surface area contributed by atoms with Gasteiger partial charge >= 0.3 is 0 Å². The molecular weight excluding hydrogens is 250 g/mol. The third-order valence-corrected chi connectivity index (χ3v) is 3.72. The molecule has 0 aliphatic carbocycles. The largest absolute Gasteiger partial charge is 0.348 e. The molecule has 0 unspecified atom stereocenters. The molecule has 0 saturated carbocycles. The van der Waals surface area contributed by atoms with E-state index in [9.17, 15) is 0 Å². The number of rotatable bonds is 2. The fourth-order valence-corrected chi connectivity index (χ4v) is 2.78. The van der Waals surface area contributed by atoms with Crippen molar-refractivity contribution in [1.29, 1.82) is 0 Å². The van der Waals surface area contributed by atoms with Gasteiger partial charge in [0.2, 0.25) is 0 Å². The second-order valence-electron chi connectivity index (χ2n) is 4.91. The number of para-hydroxylation sites is 1. The van der Waals surface area contributed by atoms with Crippen molar-refractivity contribution in [3.8, 4) is 5.69 Å². The van der Waals surface area contributed by atoms with E-state index in [0.29, 0.717) is 0 Å². The molecule has 0 saturated heterocycles. The Morgan fingerprint density at radius 2 is 2.05 bits per heavy atom. The van der Waals surface area contributed by atoms with Crippen LogP contribution in [-0.4, -0.2) is 26.3 Å². The van der Waals surface area contributed by atoms with E-state index in [1.165, 1.54) is 5.69 Å². The van der Waals surface area contributed by atoms with Crippen LogP contribution in [0, 0.1) is 0 Å². The number of hydrogen-bond acceptors (Lipinski definition) is 3. The lowest BCUT2D eigenvalue weighted by Crippen LogP contribution is -2.32. The fourth-order valence-electron chi connectivity index (χ4n) is 2.78. The van der Waals surface area contributed by atoms with Crippen LogP contribution in [0.1, 0.15) is 23.1 Å². The highest BCUT2D eigenvalue weighted by Crippen LogP contribution is 2.27. The Hall–Kier alpha value is -2.40. The molecule has 3 aromatic rings. The lowest BCUT2D eigenvalue weighted by molar-refractivity contribution is 0.530. The van der Waals surface area contributed by atoms with Gasteiger partial charge in [-0.2, -0.15) is 5.10 Å². The van der Waals surface area contributed by atoms with Crippen LogP contribution in [0.3, 0.4) is 0 Å². The minimum absolute atomic E-state index is 0.0905. The van der Waals surface area contributed by atoms with E-state index in [1.807, 2.05) is 29.1 Å². The van der Waals surface area contributed by atoms with Gasteiger partial charge < -0.3 is 10.3 Å². The molecule has 1 atom stereocenters. The average Bonchev–Trinajstić information content (AvgIpc) is 3.16. The maximum atomic E-state index is 4.47. The molecular formula is C15H15N5. The van der Waals surface area contributed by atoms with E-state index in [2.05, 4.69) is 38.6 Å². The highest BCUT2D eigenvalue weighted by molar-refractivity contribution is 5.36. The van der Waals surface area contributed by atoms with Crippen molar-refractivity contribution in [2.75, 3.05) is 6.54 Å². The second kappa shape index (κ2) is 4.61. The molecule has 4 rings (SSSR count). The number of fused-ring (bicyclic) bond motifs is 1. The van der Waals surface area contributed by atoms with Crippen LogP contribution in [0.25, 0.3) is 5.69 Å². The molecule has 2 aromatic heterocycles. The number of imidazole rings is 1. The highest BCUT2D eigenvalue weighted by atomic mass is 15.3. The topological polar surface area (TPSA) is 58.5 Å². The van der Waals surface area contributed by atoms with Crippen molar-refractivity contribution in [2.45, 2.75) is 12.5 Å². The molecule has 0 fully saturated rings. The van der Waals surface area contributed by atoms with Gasteiger partial charge in [-0.25, -0.2) is 9.67 Å². The maximum absolute atomic E-state index is 4.47. The first-order valence-corrected chi connectivity index (χ1v) is 6.78. The average molecular weight is 265 g/mol. The van der Waals surface area contributed by atoms with Gasteiger partial charge in [0.1, 0.15) is 0 Å². The molecule has 2 N–H and O–H groups in total. The Kier molecular flexibility index (Phi) is 2.63. The minimum Gasteiger partial charge on any atom is -0.348 e. The van der Waals surface area contributed by atoms with Crippen molar-refractivity contribution in [3.05, 3.63) is 66.0 Å². The molecule has 100 valence electrons. The van der Waals surface area contributed by atoms with E-state index < -0.39 is 0 Å². The van der Waals surface area contributed by atoms with Gasteiger partial charge in [0.05, 0.1) is 29.4 Å². The summed E-state index contributed by atoms with van der Waals surface area (Å²) in [6, 6.07) is 12.3. The van der Waals surface area contributed by atoms with Crippen LogP contribution < -0.4 is 5.32 Å². The first-order chi connectivity index (χ1) is 9.93. The van der Waals surface area contributed by atoms with Gasteiger partial charge in [-0.1, -0.05) is 18.2 Å². The highest BCUT2D eigenvalue weighted by Gasteiger charge is 2.26. The third kappa shape index (κ3) is 1.75. The van der Waals surface area contributed by atoms with E-state index in [-0.39, 0.29) is 6.04 Å². The van der Waals surface area contributed by atoms with Gasteiger partial charge in [-0.3, -0.25) is 0 Å². The quantitative estimate of drug-likeness (QED) is 0.743. The molecule has 5 nitrogen and oxygen atoms in total. The van der Waals surface area contributed by atoms with Crippen LogP contribution >= 0.6 is 0 Å². The Balaban J connectivity index is 1.81. The predicted octanol–water partition coefficient (Wildman–Crippen LogP) is 1.83. The molecule has 0 bridgehead atoms. The number of nitrogens with one attached hydrogen (secondary N) is 2. The van der Waals surface area contributed by atoms with Crippen LogP contribution in [0.5, 0.6) is 0 Å². The van der Waals surface area contributed by atoms with Crippen molar-refractivity contribution in [1.82, 2.24) is 25.1 Å². The summed E-state index contributed by atoms with van der Waals surface area (Å²) in [5, 5.41) is 7.99. The van der Waals surface area contributed by atoms with Crippen LogP contribution in [0.4, 0.5) is 0 Å². The van der Waals surface area contributed by atoms with E-state index in [4.69, 9.17) is 0 Å². The molecule has 20 heavy (non-hydrogen) atoms. The second-order valence-corrected chi connectivity index (χ2v) is 4.91. The zero-order valence-corrected chi connectivity index (χ0v) is 11.0. The summed E-state index contributed by atoms with van der Waals surface area (Å²) in [7, 11) is 0. The molecule has 1 aliphatic heterocycles. The zero-order chi connectivity index (χ0) is 13.4. The first-order valence-electron chi connectivity index (χ1n) is 6.78. The van der Waals surface area contributed by atoms with Crippen molar-refractivity contribution in [3.63, 3.8) is 0 Å². The monoisotopic (exact) mass is 265 g/mol. The Labute approximate surface area is 116 Å².